The minimum atomic E-state index is 0.0532. The molecule has 2 heterocycles. The first-order chi connectivity index (χ1) is 10.7. The molecule has 1 aliphatic rings. The number of aromatic nitrogens is 1. The number of nitrogens with zero attached hydrogens (tertiary/aromatic N) is 1. The van der Waals surface area contributed by atoms with E-state index in [4.69, 9.17) is 0 Å². The highest BCUT2D eigenvalue weighted by Gasteiger charge is 2.14. The van der Waals surface area contributed by atoms with Crippen molar-refractivity contribution in [2.45, 2.75) is 25.7 Å². The van der Waals surface area contributed by atoms with Crippen molar-refractivity contribution in [1.82, 2.24) is 10.3 Å². The van der Waals surface area contributed by atoms with Crippen LogP contribution in [0.2, 0.25) is 0 Å². The van der Waals surface area contributed by atoms with Crippen LogP contribution in [-0.4, -0.2) is 24.0 Å². The van der Waals surface area contributed by atoms with Gasteiger partial charge in [0.1, 0.15) is 5.82 Å². The summed E-state index contributed by atoms with van der Waals surface area (Å²) in [5.41, 5.74) is 0.874. The van der Waals surface area contributed by atoms with Gasteiger partial charge in [-0.25, -0.2) is 4.98 Å². The van der Waals surface area contributed by atoms with Gasteiger partial charge in [-0.2, -0.15) is 0 Å². The molecule has 0 bridgehead atoms. The van der Waals surface area contributed by atoms with Gasteiger partial charge in [0.05, 0.1) is 5.52 Å². The standard InChI is InChI=1S/C17H20BrN3O/c18-14-3-1-2-13-5-6-15(21-17(13)14)20-16(22)7-4-12-8-10-19-11-9-12/h1-3,5-6,12,19H,4,7-11H2,(H,20,21,22). The van der Waals surface area contributed by atoms with Crippen molar-refractivity contribution >= 4 is 38.6 Å². The molecule has 22 heavy (non-hydrogen) atoms. The van der Waals surface area contributed by atoms with E-state index in [0.29, 0.717) is 18.2 Å². The van der Waals surface area contributed by atoms with E-state index in [-0.39, 0.29) is 5.91 Å². The number of carbonyl (C=O) groups excluding carboxylic acids is 1. The second kappa shape index (κ2) is 7.20. The smallest absolute Gasteiger partial charge is 0.225 e. The summed E-state index contributed by atoms with van der Waals surface area (Å²) < 4.78 is 0.941. The molecule has 1 aromatic carbocycles. The lowest BCUT2D eigenvalue weighted by Crippen LogP contribution is -2.28. The zero-order valence-electron chi connectivity index (χ0n) is 12.4. The molecule has 116 valence electrons. The maximum absolute atomic E-state index is 12.1. The number of para-hydroxylation sites is 1. The quantitative estimate of drug-likeness (QED) is 0.872. The molecule has 1 fully saturated rings. The van der Waals surface area contributed by atoms with Crippen molar-refractivity contribution in [2.24, 2.45) is 5.92 Å². The number of carbonyl (C=O) groups is 1. The molecule has 0 atom stereocenters. The zero-order valence-corrected chi connectivity index (χ0v) is 14.0. The van der Waals surface area contributed by atoms with E-state index < -0.39 is 0 Å². The number of hydrogen-bond acceptors (Lipinski definition) is 3. The third-order valence-corrected chi connectivity index (χ3v) is 4.82. The van der Waals surface area contributed by atoms with Gasteiger partial charge in [-0.3, -0.25) is 4.79 Å². The molecule has 1 amide bonds. The molecule has 0 radical (unpaired) electrons. The monoisotopic (exact) mass is 361 g/mol. The number of hydrogen-bond donors (Lipinski definition) is 2. The van der Waals surface area contributed by atoms with Gasteiger partial charge in [-0.05, 0) is 72.4 Å². The van der Waals surface area contributed by atoms with Gasteiger partial charge in [0, 0.05) is 16.3 Å². The van der Waals surface area contributed by atoms with Gasteiger partial charge < -0.3 is 10.6 Å². The third kappa shape index (κ3) is 3.84. The number of pyridine rings is 1. The van der Waals surface area contributed by atoms with E-state index in [1.54, 1.807) is 0 Å². The van der Waals surface area contributed by atoms with Gasteiger partial charge in [0.2, 0.25) is 5.91 Å². The minimum Gasteiger partial charge on any atom is -0.317 e. The predicted octanol–water partition coefficient (Wildman–Crippen LogP) is 3.72. The SMILES string of the molecule is O=C(CCC1CCNCC1)Nc1ccc2cccc(Br)c2n1. The van der Waals surface area contributed by atoms with Crippen LogP contribution in [-0.2, 0) is 4.79 Å². The molecule has 3 rings (SSSR count). The highest BCUT2D eigenvalue weighted by Crippen LogP contribution is 2.24. The Bertz CT molecular complexity index is 668. The largest absolute Gasteiger partial charge is 0.317 e. The average molecular weight is 362 g/mol. The van der Waals surface area contributed by atoms with E-state index in [1.165, 1.54) is 12.8 Å². The topological polar surface area (TPSA) is 54.0 Å². The lowest BCUT2D eigenvalue weighted by Gasteiger charge is -2.22. The number of halogens is 1. The van der Waals surface area contributed by atoms with Crippen LogP contribution in [0.5, 0.6) is 0 Å². The maximum atomic E-state index is 12.1. The molecule has 4 nitrogen and oxygen atoms in total. The van der Waals surface area contributed by atoms with Crippen molar-refractivity contribution in [2.75, 3.05) is 18.4 Å². The summed E-state index contributed by atoms with van der Waals surface area (Å²) >= 11 is 3.50. The highest BCUT2D eigenvalue weighted by molar-refractivity contribution is 9.10. The van der Waals surface area contributed by atoms with Gasteiger partial charge in [0.15, 0.2) is 0 Å². The van der Waals surface area contributed by atoms with E-state index in [9.17, 15) is 4.79 Å². The molecule has 0 spiro atoms. The number of amides is 1. The molecule has 0 unspecified atom stereocenters. The molecule has 2 N–H and O–H groups in total. The lowest BCUT2D eigenvalue weighted by atomic mass is 9.93. The fourth-order valence-corrected chi connectivity index (χ4v) is 3.36. The number of benzene rings is 1. The highest BCUT2D eigenvalue weighted by atomic mass is 79.9. The summed E-state index contributed by atoms with van der Waals surface area (Å²) in [7, 11) is 0. The van der Waals surface area contributed by atoms with Crippen molar-refractivity contribution in [1.29, 1.82) is 0 Å². The van der Waals surface area contributed by atoms with Crippen molar-refractivity contribution in [3.63, 3.8) is 0 Å². The van der Waals surface area contributed by atoms with Gasteiger partial charge in [0.25, 0.3) is 0 Å². The summed E-state index contributed by atoms with van der Waals surface area (Å²) in [5.74, 6) is 1.35. The Morgan fingerprint density at radius 2 is 2.09 bits per heavy atom. The van der Waals surface area contributed by atoms with E-state index in [1.807, 2.05) is 30.3 Å². The Hall–Kier alpha value is -1.46. The Morgan fingerprint density at radius 1 is 1.27 bits per heavy atom. The average Bonchev–Trinajstić information content (AvgIpc) is 2.55. The minimum absolute atomic E-state index is 0.0532. The molecular weight excluding hydrogens is 342 g/mol. The molecular formula is C17H20BrN3O. The first-order valence-electron chi connectivity index (χ1n) is 7.78. The summed E-state index contributed by atoms with van der Waals surface area (Å²) in [6.07, 6.45) is 3.88. The summed E-state index contributed by atoms with van der Waals surface area (Å²) in [6, 6.07) is 9.78. The molecule has 0 saturated carbocycles. The molecule has 0 aliphatic carbocycles. The predicted molar refractivity (Wildman–Crippen MR) is 92.9 cm³/mol. The van der Waals surface area contributed by atoms with Crippen LogP contribution in [0, 0.1) is 5.92 Å². The van der Waals surface area contributed by atoms with Gasteiger partial charge in [-0.15, -0.1) is 0 Å². The molecule has 2 aromatic rings. The third-order valence-electron chi connectivity index (χ3n) is 4.18. The zero-order chi connectivity index (χ0) is 15.4. The Morgan fingerprint density at radius 3 is 2.91 bits per heavy atom. The first kappa shape index (κ1) is 15.4. The van der Waals surface area contributed by atoms with Crippen LogP contribution >= 0.6 is 15.9 Å². The number of rotatable bonds is 4. The van der Waals surface area contributed by atoms with Crippen LogP contribution in [0.3, 0.4) is 0 Å². The van der Waals surface area contributed by atoms with Gasteiger partial charge >= 0.3 is 0 Å². The summed E-state index contributed by atoms with van der Waals surface area (Å²) in [4.78, 5) is 16.6. The molecule has 1 aromatic heterocycles. The Balaban J connectivity index is 1.60. The van der Waals surface area contributed by atoms with Crippen molar-refractivity contribution < 1.29 is 4.79 Å². The van der Waals surface area contributed by atoms with Crippen LogP contribution in [0.1, 0.15) is 25.7 Å². The second-order valence-corrected chi connectivity index (χ2v) is 6.64. The first-order valence-corrected chi connectivity index (χ1v) is 8.57. The number of anilines is 1. The summed E-state index contributed by atoms with van der Waals surface area (Å²) in [5, 5.41) is 7.32. The number of fused-ring (bicyclic) bond motifs is 1. The maximum Gasteiger partial charge on any atom is 0.225 e. The Labute approximate surface area is 138 Å². The van der Waals surface area contributed by atoms with Crippen LogP contribution in [0.25, 0.3) is 10.9 Å². The fourth-order valence-electron chi connectivity index (χ4n) is 2.89. The second-order valence-electron chi connectivity index (χ2n) is 5.79. The van der Waals surface area contributed by atoms with Crippen LogP contribution in [0.15, 0.2) is 34.8 Å². The van der Waals surface area contributed by atoms with E-state index in [0.717, 1.165) is 34.9 Å². The van der Waals surface area contributed by atoms with Crippen LogP contribution < -0.4 is 10.6 Å². The Kier molecular flexibility index (Phi) is 5.05. The normalized spacial score (nSPS) is 15.9. The molecule has 5 heteroatoms. The van der Waals surface area contributed by atoms with E-state index in [2.05, 4.69) is 31.5 Å². The van der Waals surface area contributed by atoms with Crippen LogP contribution in [0.4, 0.5) is 5.82 Å². The lowest BCUT2D eigenvalue weighted by molar-refractivity contribution is -0.116. The van der Waals surface area contributed by atoms with Crippen molar-refractivity contribution in [3.8, 4) is 0 Å². The number of nitrogens with one attached hydrogen (secondary N) is 2. The summed E-state index contributed by atoms with van der Waals surface area (Å²) in [6.45, 7) is 2.15. The van der Waals surface area contributed by atoms with Gasteiger partial charge in [-0.1, -0.05) is 12.1 Å². The van der Waals surface area contributed by atoms with Crippen molar-refractivity contribution in [3.05, 3.63) is 34.8 Å². The fraction of sp³-hybridized carbons (Fsp3) is 0.412. The molecule has 1 saturated heterocycles. The molecule has 1 aliphatic heterocycles. The number of piperidine rings is 1. The van der Waals surface area contributed by atoms with E-state index >= 15 is 0 Å².